The van der Waals surface area contributed by atoms with Crippen molar-refractivity contribution < 1.29 is 14.5 Å². The van der Waals surface area contributed by atoms with Crippen molar-refractivity contribution in [1.82, 2.24) is 14.9 Å². The molecule has 10 nitrogen and oxygen atoms in total. The van der Waals surface area contributed by atoms with Crippen molar-refractivity contribution in [3.8, 4) is 5.75 Å². The molecule has 0 bridgehead atoms. The van der Waals surface area contributed by atoms with Crippen LogP contribution in [0.3, 0.4) is 0 Å². The summed E-state index contributed by atoms with van der Waals surface area (Å²) in [5, 5.41) is 24.1. The molecule has 0 saturated carbocycles. The average molecular weight is 479 g/mol. The minimum Gasteiger partial charge on any atom is -0.494 e. The molecule has 1 atom stereocenters. The van der Waals surface area contributed by atoms with Gasteiger partial charge in [0.05, 0.1) is 29.0 Å². The molecule has 0 radical (unpaired) electrons. The van der Waals surface area contributed by atoms with Gasteiger partial charge in [-0.05, 0) is 29.3 Å². The van der Waals surface area contributed by atoms with E-state index in [1.54, 1.807) is 6.92 Å². The van der Waals surface area contributed by atoms with Crippen LogP contribution in [0.4, 0.5) is 11.4 Å². The second kappa shape index (κ2) is 9.79. The predicted molar refractivity (Wildman–Crippen MR) is 131 cm³/mol. The van der Waals surface area contributed by atoms with Crippen LogP contribution < -0.4 is 15.9 Å². The highest BCUT2D eigenvalue weighted by molar-refractivity contribution is 8.00. The standard InChI is InChI=1S/C23H22N6O4S/c1-14(22(30)25-19-11-10-17(29(31)32)13-20(19)33-2)34-23-27-26-21(28(23)24)12-16-8-5-7-15-6-3-4-9-18(15)16/h3-11,13-14H,12,24H2,1-2H3,(H,25,30)/t14-/m1/s1. The number of methoxy groups -OCH3 is 1. The van der Waals surface area contributed by atoms with Gasteiger partial charge in [-0.25, -0.2) is 4.68 Å². The van der Waals surface area contributed by atoms with Gasteiger partial charge in [0.2, 0.25) is 11.1 Å². The van der Waals surface area contributed by atoms with Gasteiger partial charge in [-0.2, -0.15) is 0 Å². The van der Waals surface area contributed by atoms with Crippen LogP contribution in [-0.4, -0.2) is 38.1 Å². The van der Waals surface area contributed by atoms with Crippen LogP contribution in [0.25, 0.3) is 10.8 Å². The quantitative estimate of drug-likeness (QED) is 0.169. The van der Waals surface area contributed by atoms with Crippen LogP contribution in [-0.2, 0) is 11.2 Å². The molecule has 11 heteroatoms. The third kappa shape index (κ3) is 4.79. The zero-order valence-electron chi connectivity index (χ0n) is 18.5. The SMILES string of the molecule is COc1cc([N+](=O)[O-])ccc1NC(=O)[C@@H](C)Sc1nnc(Cc2cccc3ccccc23)n1N. The summed E-state index contributed by atoms with van der Waals surface area (Å²) in [6.45, 7) is 1.71. The van der Waals surface area contributed by atoms with E-state index in [9.17, 15) is 14.9 Å². The second-order valence-electron chi connectivity index (χ2n) is 7.47. The lowest BCUT2D eigenvalue weighted by atomic mass is 10.0. The molecule has 4 aromatic rings. The minimum atomic E-state index is -0.572. The molecule has 1 aromatic heterocycles. The third-order valence-electron chi connectivity index (χ3n) is 5.27. The number of rotatable bonds is 8. The third-order valence-corrected chi connectivity index (χ3v) is 6.33. The summed E-state index contributed by atoms with van der Waals surface area (Å²) < 4.78 is 6.56. The summed E-state index contributed by atoms with van der Waals surface area (Å²) in [6, 6.07) is 18.1. The molecule has 0 spiro atoms. The largest absolute Gasteiger partial charge is 0.494 e. The fourth-order valence-electron chi connectivity index (χ4n) is 3.47. The number of nitro benzene ring substituents is 1. The number of hydrogen-bond donors (Lipinski definition) is 2. The van der Waals surface area contributed by atoms with Gasteiger partial charge >= 0.3 is 0 Å². The number of thioether (sulfide) groups is 1. The molecule has 174 valence electrons. The van der Waals surface area contributed by atoms with Crippen LogP contribution >= 0.6 is 11.8 Å². The van der Waals surface area contributed by atoms with E-state index in [4.69, 9.17) is 10.6 Å². The predicted octanol–water partition coefficient (Wildman–Crippen LogP) is 3.77. The number of nitrogen functional groups attached to an aromatic ring is 1. The van der Waals surface area contributed by atoms with Crippen LogP contribution in [0.5, 0.6) is 5.75 Å². The Morgan fingerprint density at radius 1 is 1.21 bits per heavy atom. The fraction of sp³-hybridized carbons (Fsp3) is 0.174. The normalized spacial score (nSPS) is 11.8. The molecule has 0 aliphatic rings. The maximum absolute atomic E-state index is 12.7. The lowest BCUT2D eigenvalue weighted by Crippen LogP contribution is -2.24. The molecular formula is C23H22N6O4S. The topological polar surface area (TPSA) is 138 Å². The summed E-state index contributed by atoms with van der Waals surface area (Å²) in [5.41, 5.74) is 1.27. The number of nitro groups is 1. The molecule has 0 aliphatic carbocycles. The van der Waals surface area contributed by atoms with Crippen molar-refractivity contribution in [2.75, 3.05) is 18.3 Å². The molecule has 34 heavy (non-hydrogen) atoms. The van der Waals surface area contributed by atoms with Crippen LogP contribution in [0, 0.1) is 10.1 Å². The van der Waals surface area contributed by atoms with Crippen molar-refractivity contribution in [3.63, 3.8) is 0 Å². The number of nitrogens with zero attached hydrogens (tertiary/aromatic N) is 4. The summed E-state index contributed by atoms with van der Waals surface area (Å²) in [4.78, 5) is 23.2. The van der Waals surface area contributed by atoms with E-state index in [1.165, 1.54) is 30.0 Å². The first-order chi connectivity index (χ1) is 16.4. The van der Waals surface area contributed by atoms with Crippen LogP contribution in [0.2, 0.25) is 0 Å². The molecule has 0 fully saturated rings. The van der Waals surface area contributed by atoms with E-state index in [-0.39, 0.29) is 17.3 Å². The molecule has 3 N–H and O–H groups in total. The van der Waals surface area contributed by atoms with Gasteiger partial charge < -0.3 is 15.9 Å². The van der Waals surface area contributed by atoms with Gasteiger partial charge in [0.1, 0.15) is 5.75 Å². The van der Waals surface area contributed by atoms with Crippen molar-refractivity contribution in [2.24, 2.45) is 0 Å². The van der Waals surface area contributed by atoms with E-state index in [2.05, 4.69) is 21.6 Å². The van der Waals surface area contributed by atoms with E-state index in [0.29, 0.717) is 23.1 Å². The first kappa shape index (κ1) is 23.1. The first-order valence-corrected chi connectivity index (χ1v) is 11.2. The van der Waals surface area contributed by atoms with Crippen LogP contribution in [0.1, 0.15) is 18.3 Å². The van der Waals surface area contributed by atoms with Gasteiger partial charge in [-0.1, -0.05) is 54.2 Å². The monoisotopic (exact) mass is 478 g/mol. The molecule has 0 saturated heterocycles. The highest BCUT2D eigenvalue weighted by Gasteiger charge is 2.21. The highest BCUT2D eigenvalue weighted by Crippen LogP contribution is 2.30. The summed E-state index contributed by atoms with van der Waals surface area (Å²) in [7, 11) is 1.38. The van der Waals surface area contributed by atoms with Crippen molar-refractivity contribution >= 4 is 39.8 Å². The Morgan fingerprint density at radius 2 is 1.97 bits per heavy atom. The highest BCUT2D eigenvalue weighted by atomic mass is 32.2. The van der Waals surface area contributed by atoms with Crippen molar-refractivity contribution in [1.29, 1.82) is 0 Å². The number of anilines is 1. The number of carbonyl (C=O) groups excluding carboxylic acids is 1. The Labute approximate surface area is 199 Å². The number of fused-ring (bicyclic) bond motifs is 1. The number of nitrogens with one attached hydrogen (secondary N) is 1. The zero-order valence-corrected chi connectivity index (χ0v) is 19.3. The molecular weight excluding hydrogens is 456 g/mol. The lowest BCUT2D eigenvalue weighted by molar-refractivity contribution is -0.384. The zero-order chi connectivity index (χ0) is 24.2. The van der Waals surface area contributed by atoms with Crippen molar-refractivity contribution in [2.45, 2.75) is 23.8 Å². The minimum absolute atomic E-state index is 0.132. The maximum atomic E-state index is 12.7. The molecule has 1 heterocycles. The maximum Gasteiger partial charge on any atom is 0.273 e. The Hall–Kier alpha value is -4.12. The Balaban J connectivity index is 1.46. The number of nitrogens with two attached hydrogens (primary N) is 1. The number of carbonyl (C=O) groups is 1. The Bertz CT molecular complexity index is 1370. The summed E-state index contributed by atoms with van der Waals surface area (Å²) in [5.74, 6) is 6.67. The molecule has 4 rings (SSSR count). The van der Waals surface area contributed by atoms with Gasteiger partial charge in [-0.3, -0.25) is 14.9 Å². The summed E-state index contributed by atoms with van der Waals surface area (Å²) in [6.07, 6.45) is 0.492. The number of amides is 1. The van der Waals surface area contributed by atoms with Gasteiger partial charge in [0.25, 0.3) is 5.69 Å². The van der Waals surface area contributed by atoms with Crippen molar-refractivity contribution in [3.05, 3.63) is 82.2 Å². The van der Waals surface area contributed by atoms with Gasteiger partial charge in [0.15, 0.2) is 5.82 Å². The van der Waals surface area contributed by atoms with E-state index in [0.717, 1.165) is 28.1 Å². The number of benzene rings is 3. The Morgan fingerprint density at radius 3 is 2.74 bits per heavy atom. The van der Waals surface area contributed by atoms with Crippen LogP contribution in [0.15, 0.2) is 65.8 Å². The molecule has 0 aliphatic heterocycles. The lowest BCUT2D eigenvalue weighted by Gasteiger charge is -2.14. The molecule has 3 aromatic carbocycles. The summed E-state index contributed by atoms with van der Waals surface area (Å²) >= 11 is 1.16. The van der Waals surface area contributed by atoms with E-state index in [1.807, 2.05) is 36.4 Å². The van der Waals surface area contributed by atoms with Gasteiger partial charge in [0, 0.05) is 12.5 Å². The molecule has 1 amide bonds. The number of non-ortho nitro benzene ring substituents is 1. The fourth-order valence-corrected chi connectivity index (χ4v) is 4.26. The number of aromatic nitrogens is 3. The first-order valence-electron chi connectivity index (χ1n) is 10.3. The number of hydrogen-bond acceptors (Lipinski definition) is 8. The molecule has 0 unspecified atom stereocenters. The number of ether oxygens (including phenoxy) is 1. The van der Waals surface area contributed by atoms with E-state index < -0.39 is 10.2 Å². The second-order valence-corrected chi connectivity index (χ2v) is 8.78. The van der Waals surface area contributed by atoms with Gasteiger partial charge in [-0.15, -0.1) is 10.2 Å². The van der Waals surface area contributed by atoms with E-state index >= 15 is 0 Å². The Kier molecular flexibility index (Phi) is 6.64. The average Bonchev–Trinajstić information content (AvgIpc) is 3.18. The smallest absolute Gasteiger partial charge is 0.273 e.